The number of nitrogens with two attached hydrogens (primary N) is 1. The number of phosphoric ester groups is 1. The Kier molecular flexibility index (Phi) is 10.6. The number of esters is 2. The summed E-state index contributed by atoms with van der Waals surface area (Å²) in [6.07, 6.45) is 0.306. The number of ether oxygens (including phenoxy) is 2. The Hall–Kier alpha value is -1.32. The highest BCUT2D eigenvalue weighted by molar-refractivity contribution is 7.46. The zero-order valence-corrected chi connectivity index (χ0v) is 12.8. The molecule has 0 bridgehead atoms. The van der Waals surface area contributed by atoms with Gasteiger partial charge in [0.1, 0.15) is 0 Å². The molecule has 0 saturated heterocycles. The summed E-state index contributed by atoms with van der Waals surface area (Å²) in [5, 5.41) is 0. The highest BCUT2D eigenvalue weighted by Gasteiger charge is 2.14. The predicted molar refractivity (Wildman–Crippen MR) is 71.9 cm³/mol. The van der Waals surface area contributed by atoms with E-state index < -0.39 is 26.0 Å². The summed E-state index contributed by atoms with van der Waals surface area (Å²) in [4.78, 5) is 49.0. The van der Waals surface area contributed by atoms with E-state index in [4.69, 9.17) is 20.3 Å². The van der Waals surface area contributed by atoms with Gasteiger partial charge in [0.15, 0.2) is 6.23 Å². The Labute approximate surface area is 127 Å². The van der Waals surface area contributed by atoms with Gasteiger partial charge in [-0.2, -0.15) is 0 Å². The van der Waals surface area contributed by atoms with Crippen molar-refractivity contribution < 1.29 is 42.7 Å². The van der Waals surface area contributed by atoms with Gasteiger partial charge in [0.05, 0.1) is 6.61 Å². The number of unbranched alkanes of at least 4 members (excludes halogenated alkanes) is 1. The Morgan fingerprint density at radius 3 is 2.36 bits per heavy atom. The summed E-state index contributed by atoms with van der Waals surface area (Å²) in [7, 11) is -4.47. The molecule has 0 saturated carbocycles. The summed E-state index contributed by atoms with van der Waals surface area (Å²) < 4.78 is 23.5. The van der Waals surface area contributed by atoms with Gasteiger partial charge >= 0.3 is 26.2 Å². The molecule has 0 rings (SSSR count). The molecule has 0 aliphatic heterocycles. The largest absolute Gasteiger partial charge is 0.469 e. The van der Waals surface area contributed by atoms with Crippen LogP contribution in [0.1, 0.15) is 38.5 Å². The zero-order chi connectivity index (χ0) is 17.0. The first-order chi connectivity index (χ1) is 10.2. The fraction of sp³-hybridized carbons (Fsp3) is 0.727. The number of hydrogen-bond donors (Lipinski definition) is 3. The molecule has 0 aromatic heterocycles. The van der Waals surface area contributed by atoms with E-state index in [9.17, 15) is 18.9 Å². The van der Waals surface area contributed by atoms with E-state index in [0.29, 0.717) is 12.8 Å². The topological polar surface area (TPSA) is 162 Å². The van der Waals surface area contributed by atoms with E-state index in [0.717, 1.165) is 0 Å². The van der Waals surface area contributed by atoms with Gasteiger partial charge in [0, 0.05) is 12.8 Å². The first-order valence-corrected chi connectivity index (χ1v) is 8.06. The van der Waals surface area contributed by atoms with Crippen LogP contribution in [-0.2, 0) is 32.9 Å². The summed E-state index contributed by atoms with van der Waals surface area (Å²) in [5.74, 6) is -1.24. The second kappa shape index (κ2) is 11.3. The maximum atomic E-state index is 11.4. The normalized spacial score (nSPS) is 12.5. The highest BCUT2D eigenvalue weighted by atomic mass is 31.2. The van der Waals surface area contributed by atoms with Crippen LogP contribution in [0.25, 0.3) is 0 Å². The highest BCUT2D eigenvalue weighted by Crippen LogP contribution is 2.35. The zero-order valence-electron chi connectivity index (χ0n) is 11.9. The van der Waals surface area contributed by atoms with Gasteiger partial charge in [-0.3, -0.25) is 24.6 Å². The van der Waals surface area contributed by atoms with Crippen LogP contribution in [0.5, 0.6) is 0 Å². The first-order valence-electron chi connectivity index (χ1n) is 6.53. The maximum Gasteiger partial charge on any atom is 0.469 e. The van der Waals surface area contributed by atoms with Crippen LogP contribution in [-0.4, -0.2) is 41.0 Å². The number of carbonyl (C=O) groups excluding carboxylic acids is 3. The van der Waals surface area contributed by atoms with Crippen LogP contribution in [0.3, 0.4) is 0 Å². The van der Waals surface area contributed by atoms with Crippen LogP contribution in [0.15, 0.2) is 0 Å². The lowest BCUT2D eigenvalue weighted by atomic mass is 10.2. The molecular weight excluding hydrogens is 321 g/mol. The predicted octanol–water partition coefficient (Wildman–Crippen LogP) is -0.0361. The molecule has 1 atom stereocenters. The van der Waals surface area contributed by atoms with Crippen molar-refractivity contribution in [3.05, 3.63) is 0 Å². The first kappa shape index (κ1) is 20.7. The average Bonchev–Trinajstić information content (AvgIpc) is 2.37. The van der Waals surface area contributed by atoms with Crippen molar-refractivity contribution in [3.8, 4) is 0 Å². The lowest BCUT2D eigenvalue weighted by molar-refractivity contribution is -0.151. The molecule has 11 heteroatoms. The van der Waals surface area contributed by atoms with Gasteiger partial charge < -0.3 is 19.3 Å². The third-order valence-corrected chi connectivity index (χ3v) is 2.89. The quantitative estimate of drug-likeness (QED) is 0.110. The molecule has 0 amide bonds. The summed E-state index contributed by atoms with van der Waals surface area (Å²) in [6, 6.07) is 0. The molecule has 4 N–H and O–H groups in total. The van der Waals surface area contributed by atoms with Crippen molar-refractivity contribution in [2.75, 3.05) is 6.61 Å². The van der Waals surface area contributed by atoms with Crippen LogP contribution in [0.2, 0.25) is 0 Å². The molecule has 22 heavy (non-hydrogen) atoms. The van der Waals surface area contributed by atoms with Gasteiger partial charge in [-0.05, 0) is 25.7 Å². The Morgan fingerprint density at radius 1 is 1.14 bits per heavy atom. The number of hydrogen-bond acceptors (Lipinski definition) is 8. The average molecular weight is 341 g/mol. The van der Waals surface area contributed by atoms with Crippen molar-refractivity contribution in [1.82, 2.24) is 0 Å². The van der Waals surface area contributed by atoms with Gasteiger partial charge in [0.25, 0.3) is 0 Å². The van der Waals surface area contributed by atoms with Crippen molar-refractivity contribution in [1.29, 1.82) is 0 Å². The van der Waals surface area contributed by atoms with E-state index in [2.05, 4.69) is 9.26 Å². The molecular formula is C11H20NO9P. The molecule has 10 nitrogen and oxygen atoms in total. The van der Waals surface area contributed by atoms with Crippen molar-refractivity contribution in [2.24, 2.45) is 5.73 Å². The lowest BCUT2D eigenvalue weighted by Crippen LogP contribution is -2.27. The Morgan fingerprint density at radius 2 is 1.77 bits per heavy atom. The van der Waals surface area contributed by atoms with Crippen LogP contribution < -0.4 is 5.73 Å². The Bertz CT molecular complexity index is 408. The molecule has 0 fully saturated rings. The second-order valence-electron chi connectivity index (χ2n) is 4.29. The summed E-state index contributed by atoms with van der Waals surface area (Å²) in [5.41, 5.74) is 5.53. The monoisotopic (exact) mass is 341 g/mol. The molecule has 0 aliphatic rings. The number of rotatable bonds is 12. The van der Waals surface area contributed by atoms with Crippen molar-refractivity contribution >= 4 is 26.2 Å². The molecule has 1 unspecified atom stereocenters. The summed E-state index contributed by atoms with van der Waals surface area (Å²) >= 11 is 0. The van der Waals surface area contributed by atoms with Crippen LogP contribution in [0.4, 0.5) is 0 Å². The van der Waals surface area contributed by atoms with Gasteiger partial charge in [-0.1, -0.05) is 0 Å². The fourth-order valence-electron chi connectivity index (χ4n) is 1.40. The van der Waals surface area contributed by atoms with Gasteiger partial charge in [0.2, 0.25) is 0 Å². The molecule has 0 aliphatic carbocycles. The van der Waals surface area contributed by atoms with E-state index in [1.54, 1.807) is 0 Å². The standard InChI is InChI=1S/C11H20NO9P/c12-9(4-3-6-10(14)19-8-13)21-11(15)5-1-2-7-20-22(16,17)18/h8-9H,1-7,12H2,(H2,16,17,18). The molecule has 0 radical (unpaired) electrons. The fourth-order valence-corrected chi connectivity index (χ4v) is 1.77. The van der Waals surface area contributed by atoms with Crippen molar-refractivity contribution in [2.45, 2.75) is 44.8 Å². The minimum absolute atomic E-state index is 0.0102. The summed E-state index contributed by atoms with van der Waals surface area (Å²) in [6.45, 7) is -0.124. The van der Waals surface area contributed by atoms with E-state index in [1.807, 2.05) is 0 Å². The molecule has 128 valence electrons. The SMILES string of the molecule is NC(CCCC(=O)OC=O)OC(=O)CCCCOP(=O)(O)O. The smallest absolute Gasteiger partial charge is 0.447 e. The van der Waals surface area contributed by atoms with E-state index >= 15 is 0 Å². The minimum Gasteiger partial charge on any atom is -0.447 e. The second-order valence-corrected chi connectivity index (χ2v) is 5.53. The molecule has 0 aromatic carbocycles. The van der Waals surface area contributed by atoms with Crippen LogP contribution in [0, 0.1) is 0 Å². The maximum absolute atomic E-state index is 11.4. The third-order valence-electron chi connectivity index (χ3n) is 2.37. The molecule has 0 spiro atoms. The molecule has 0 aromatic rings. The van der Waals surface area contributed by atoms with Gasteiger partial charge in [-0.15, -0.1) is 0 Å². The number of phosphoric acid groups is 1. The van der Waals surface area contributed by atoms with Gasteiger partial charge in [-0.25, -0.2) is 4.57 Å². The lowest BCUT2D eigenvalue weighted by Gasteiger charge is -2.12. The third kappa shape index (κ3) is 13.7. The molecule has 0 heterocycles. The van der Waals surface area contributed by atoms with Crippen LogP contribution >= 0.6 is 7.82 Å². The minimum atomic E-state index is -4.47. The van der Waals surface area contributed by atoms with Crippen molar-refractivity contribution in [3.63, 3.8) is 0 Å². The van der Waals surface area contributed by atoms with E-state index in [1.165, 1.54) is 0 Å². The number of carbonyl (C=O) groups is 3. The Balaban J connectivity index is 3.63. The van der Waals surface area contributed by atoms with E-state index in [-0.39, 0.29) is 38.8 Å².